The van der Waals surface area contributed by atoms with Crippen LogP contribution in [-0.2, 0) is 14.3 Å². The first-order chi connectivity index (χ1) is 10.7. The van der Waals surface area contributed by atoms with E-state index in [0.29, 0.717) is 19.3 Å². The van der Waals surface area contributed by atoms with Crippen LogP contribution in [0.2, 0.25) is 0 Å². The molecule has 0 saturated carbocycles. The lowest BCUT2D eigenvalue weighted by Crippen LogP contribution is -2.48. The first-order valence-electron chi connectivity index (χ1n) is 8.48. The third kappa shape index (κ3) is 4.87. The van der Waals surface area contributed by atoms with Gasteiger partial charge in [-0.3, -0.25) is 9.79 Å². The number of ether oxygens (including phenoxy) is 2. The quantitative estimate of drug-likeness (QED) is 0.472. The van der Waals surface area contributed by atoms with E-state index in [9.17, 15) is 4.79 Å². The molecule has 2 heterocycles. The molecule has 6 heteroatoms. The van der Waals surface area contributed by atoms with Crippen LogP contribution < -0.4 is 5.32 Å². The molecule has 2 unspecified atom stereocenters. The molecule has 2 atom stereocenters. The molecule has 0 amide bonds. The number of guanidine groups is 1. The highest BCUT2D eigenvalue weighted by atomic mass is 16.5. The second kappa shape index (κ2) is 8.98. The summed E-state index contributed by atoms with van der Waals surface area (Å²) in [5, 5.41) is 3.40. The van der Waals surface area contributed by atoms with Crippen LogP contribution in [-0.4, -0.2) is 62.8 Å². The van der Waals surface area contributed by atoms with E-state index in [1.54, 1.807) is 7.05 Å². The lowest BCUT2D eigenvalue weighted by atomic mass is 9.98. The summed E-state index contributed by atoms with van der Waals surface area (Å²) < 4.78 is 10.8. The van der Waals surface area contributed by atoms with Crippen LogP contribution >= 0.6 is 0 Å². The second-order valence-electron chi connectivity index (χ2n) is 5.93. The van der Waals surface area contributed by atoms with E-state index in [4.69, 9.17) is 9.47 Å². The third-order valence-electron chi connectivity index (χ3n) is 4.33. The fourth-order valence-electron chi connectivity index (χ4n) is 3.17. The van der Waals surface area contributed by atoms with Crippen molar-refractivity contribution in [2.75, 3.05) is 39.9 Å². The average molecular weight is 311 g/mol. The number of nitrogens with zero attached hydrogens (tertiary/aromatic N) is 2. The largest absolute Gasteiger partial charge is 0.466 e. The number of piperidine rings is 1. The second-order valence-corrected chi connectivity index (χ2v) is 5.93. The first kappa shape index (κ1) is 17.1. The summed E-state index contributed by atoms with van der Waals surface area (Å²) in [5.74, 6) is 0.763. The smallest absolute Gasteiger partial charge is 0.310 e. The number of carbonyl (C=O) groups excluding carboxylic acids is 1. The minimum atomic E-state index is -0.0815. The predicted octanol–water partition coefficient (Wildman–Crippen LogP) is 1.41. The molecule has 2 aliphatic heterocycles. The lowest BCUT2D eigenvalue weighted by Gasteiger charge is -2.34. The molecule has 2 rings (SSSR count). The number of esters is 1. The van der Waals surface area contributed by atoms with E-state index < -0.39 is 0 Å². The van der Waals surface area contributed by atoms with Crippen molar-refractivity contribution < 1.29 is 14.3 Å². The maximum atomic E-state index is 11.9. The summed E-state index contributed by atoms with van der Waals surface area (Å²) in [6.07, 6.45) is 5.63. The van der Waals surface area contributed by atoms with Gasteiger partial charge in [0.05, 0.1) is 18.6 Å². The molecule has 2 aliphatic rings. The zero-order valence-corrected chi connectivity index (χ0v) is 13.8. The fraction of sp³-hybridized carbons (Fsp3) is 0.875. The van der Waals surface area contributed by atoms with Crippen molar-refractivity contribution in [3.8, 4) is 0 Å². The molecule has 0 aromatic rings. The molecule has 0 aliphatic carbocycles. The van der Waals surface area contributed by atoms with E-state index in [1.165, 1.54) is 6.42 Å². The fourth-order valence-corrected chi connectivity index (χ4v) is 3.17. The molecule has 126 valence electrons. The summed E-state index contributed by atoms with van der Waals surface area (Å²) in [6, 6.07) is 0. The number of hydrogen-bond acceptors (Lipinski definition) is 4. The molecule has 2 fully saturated rings. The van der Waals surface area contributed by atoms with Crippen molar-refractivity contribution in [2.45, 2.75) is 45.1 Å². The Hall–Kier alpha value is -1.30. The van der Waals surface area contributed by atoms with E-state index in [2.05, 4.69) is 15.2 Å². The molecular weight excluding hydrogens is 282 g/mol. The number of likely N-dealkylation sites (tertiary alicyclic amines) is 1. The van der Waals surface area contributed by atoms with Gasteiger partial charge in [-0.1, -0.05) is 0 Å². The highest BCUT2D eigenvalue weighted by Gasteiger charge is 2.28. The molecule has 0 radical (unpaired) electrons. The molecule has 6 nitrogen and oxygen atoms in total. The van der Waals surface area contributed by atoms with Gasteiger partial charge in [-0.15, -0.1) is 0 Å². The van der Waals surface area contributed by atoms with Crippen molar-refractivity contribution in [3.63, 3.8) is 0 Å². The Labute approximate surface area is 133 Å². The minimum absolute atomic E-state index is 0.0367. The van der Waals surface area contributed by atoms with Crippen LogP contribution in [0.4, 0.5) is 0 Å². The van der Waals surface area contributed by atoms with Gasteiger partial charge in [0.2, 0.25) is 0 Å². The van der Waals surface area contributed by atoms with Crippen molar-refractivity contribution in [2.24, 2.45) is 10.9 Å². The number of aliphatic imine (C=N–C) groups is 1. The minimum Gasteiger partial charge on any atom is -0.466 e. The van der Waals surface area contributed by atoms with Crippen molar-refractivity contribution >= 4 is 11.9 Å². The number of hydrogen-bond donors (Lipinski definition) is 1. The van der Waals surface area contributed by atoms with Crippen molar-refractivity contribution in [1.82, 2.24) is 10.2 Å². The number of nitrogens with one attached hydrogen (secondary N) is 1. The Bertz CT molecular complexity index is 381. The first-order valence-corrected chi connectivity index (χ1v) is 8.48. The lowest BCUT2D eigenvalue weighted by molar-refractivity contribution is -0.149. The van der Waals surface area contributed by atoms with Crippen LogP contribution in [0.15, 0.2) is 4.99 Å². The maximum absolute atomic E-state index is 11.9. The molecule has 0 aromatic carbocycles. The van der Waals surface area contributed by atoms with E-state index in [0.717, 1.165) is 51.3 Å². The van der Waals surface area contributed by atoms with Gasteiger partial charge in [0.1, 0.15) is 0 Å². The predicted molar refractivity (Wildman–Crippen MR) is 85.9 cm³/mol. The average Bonchev–Trinajstić information content (AvgIpc) is 3.05. The number of carbonyl (C=O) groups is 1. The van der Waals surface area contributed by atoms with E-state index >= 15 is 0 Å². The van der Waals surface area contributed by atoms with Crippen LogP contribution in [0.1, 0.15) is 39.0 Å². The zero-order valence-electron chi connectivity index (χ0n) is 13.8. The van der Waals surface area contributed by atoms with Crippen molar-refractivity contribution in [1.29, 1.82) is 0 Å². The Kier molecular flexibility index (Phi) is 6.96. The molecule has 0 aromatic heterocycles. The Morgan fingerprint density at radius 2 is 2.27 bits per heavy atom. The monoisotopic (exact) mass is 311 g/mol. The Balaban J connectivity index is 1.77. The summed E-state index contributed by atoms with van der Waals surface area (Å²) in [4.78, 5) is 18.4. The van der Waals surface area contributed by atoms with Gasteiger partial charge in [0.15, 0.2) is 5.96 Å². The van der Waals surface area contributed by atoms with Gasteiger partial charge in [-0.25, -0.2) is 0 Å². The van der Waals surface area contributed by atoms with E-state index in [1.807, 2.05) is 6.92 Å². The van der Waals surface area contributed by atoms with Gasteiger partial charge in [0.25, 0.3) is 0 Å². The van der Waals surface area contributed by atoms with Gasteiger partial charge in [0, 0.05) is 33.3 Å². The molecule has 2 saturated heterocycles. The van der Waals surface area contributed by atoms with Gasteiger partial charge in [-0.05, 0) is 39.0 Å². The highest BCUT2D eigenvalue weighted by molar-refractivity contribution is 5.81. The third-order valence-corrected chi connectivity index (χ3v) is 4.33. The molecule has 0 bridgehead atoms. The topological polar surface area (TPSA) is 63.2 Å². The number of rotatable bonds is 5. The Morgan fingerprint density at radius 3 is 2.95 bits per heavy atom. The standard InChI is InChI=1S/C16H29N3O3/c1-3-21-15(20)13-6-4-10-19(12-13)16(17-2)18-9-8-14-7-5-11-22-14/h13-14H,3-12H2,1-2H3,(H,17,18). The summed E-state index contributed by atoms with van der Waals surface area (Å²) in [5.41, 5.74) is 0. The zero-order chi connectivity index (χ0) is 15.8. The van der Waals surface area contributed by atoms with Crippen LogP contribution in [0, 0.1) is 5.92 Å². The SMILES string of the molecule is CCOC(=O)C1CCCN(C(=NC)NCCC2CCCO2)C1. The van der Waals surface area contributed by atoms with Crippen LogP contribution in [0.3, 0.4) is 0 Å². The van der Waals surface area contributed by atoms with Crippen LogP contribution in [0.25, 0.3) is 0 Å². The molecule has 22 heavy (non-hydrogen) atoms. The summed E-state index contributed by atoms with van der Waals surface area (Å²) >= 11 is 0. The molecular formula is C16H29N3O3. The van der Waals surface area contributed by atoms with E-state index in [-0.39, 0.29) is 11.9 Å². The summed E-state index contributed by atoms with van der Waals surface area (Å²) in [6.45, 7) is 5.69. The Morgan fingerprint density at radius 1 is 1.41 bits per heavy atom. The highest BCUT2D eigenvalue weighted by Crippen LogP contribution is 2.18. The normalized spacial score (nSPS) is 26.1. The maximum Gasteiger partial charge on any atom is 0.310 e. The molecule has 0 spiro atoms. The summed E-state index contributed by atoms with van der Waals surface area (Å²) in [7, 11) is 1.79. The van der Waals surface area contributed by atoms with Gasteiger partial charge < -0.3 is 19.7 Å². The van der Waals surface area contributed by atoms with Gasteiger partial charge in [-0.2, -0.15) is 0 Å². The van der Waals surface area contributed by atoms with Gasteiger partial charge >= 0.3 is 5.97 Å². The van der Waals surface area contributed by atoms with Crippen LogP contribution in [0.5, 0.6) is 0 Å². The molecule has 1 N–H and O–H groups in total. The van der Waals surface area contributed by atoms with Crippen molar-refractivity contribution in [3.05, 3.63) is 0 Å².